The number of hydrogen-bond acceptors (Lipinski definition) is 3. The lowest BCUT2D eigenvalue weighted by Crippen LogP contribution is -2.09. The lowest BCUT2D eigenvalue weighted by Gasteiger charge is -2.07. The highest BCUT2D eigenvalue weighted by molar-refractivity contribution is 6.35. The minimum absolute atomic E-state index is 0.0842. The molecule has 0 unspecified atom stereocenters. The molecule has 0 bridgehead atoms. The molecule has 0 saturated carbocycles. The standard InChI is InChI=1S/C10H12ClNO2/c1-6-2-3-7(13)9(10(6)11)8(14)4-5-12/h2-3,13H,4-5,12H2,1H3. The van der Waals surface area contributed by atoms with Gasteiger partial charge in [0.1, 0.15) is 5.75 Å². The quantitative estimate of drug-likeness (QED) is 0.754. The van der Waals surface area contributed by atoms with E-state index in [1.807, 2.05) is 0 Å². The summed E-state index contributed by atoms with van der Waals surface area (Å²) in [5.74, 6) is -0.308. The first kappa shape index (κ1) is 11.0. The van der Waals surface area contributed by atoms with Crippen LogP contribution in [0, 0.1) is 6.92 Å². The van der Waals surface area contributed by atoms with Crippen molar-refractivity contribution < 1.29 is 9.90 Å². The number of halogens is 1. The molecule has 0 fully saturated rings. The fraction of sp³-hybridized carbons (Fsp3) is 0.300. The molecule has 3 nitrogen and oxygen atoms in total. The van der Waals surface area contributed by atoms with Gasteiger partial charge in [0.05, 0.1) is 10.6 Å². The number of aryl methyl sites for hydroxylation is 1. The number of phenols is 1. The second-order valence-corrected chi connectivity index (χ2v) is 3.43. The van der Waals surface area contributed by atoms with Crippen LogP contribution in [0.3, 0.4) is 0 Å². The third kappa shape index (κ3) is 2.05. The first-order valence-electron chi connectivity index (χ1n) is 4.29. The van der Waals surface area contributed by atoms with Crippen LogP contribution < -0.4 is 5.73 Å². The van der Waals surface area contributed by atoms with Crippen LogP contribution >= 0.6 is 11.6 Å². The molecule has 76 valence electrons. The highest BCUT2D eigenvalue weighted by Gasteiger charge is 2.15. The van der Waals surface area contributed by atoms with E-state index in [-0.39, 0.29) is 30.1 Å². The van der Waals surface area contributed by atoms with E-state index in [0.717, 1.165) is 5.56 Å². The Morgan fingerprint density at radius 3 is 2.79 bits per heavy atom. The minimum Gasteiger partial charge on any atom is -0.507 e. The van der Waals surface area contributed by atoms with Crippen molar-refractivity contribution in [1.29, 1.82) is 0 Å². The average Bonchev–Trinajstić information content (AvgIpc) is 2.13. The van der Waals surface area contributed by atoms with Crippen molar-refractivity contribution in [2.45, 2.75) is 13.3 Å². The molecule has 0 radical (unpaired) electrons. The van der Waals surface area contributed by atoms with Crippen LogP contribution in [0.2, 0.25) is 5.02 Å². The van der Waals surface area contributed by atoms with Crippen molar-refractivity contribution in [1.82, 2.24) is 0 Å². The third-order valence-electron chi connectivity index (χ3n) is 1.96. The molecular weight excluding hydrogens is 202 g/mol. The Hall–Kier alpha value is -1.06. The van der Waals surface area contributed by atoms with Gasteiger partial charge in [0.2, 0.25) is 0 Å². The van der Waals surface area contributed by atoms with Crippen molar-refractivity contribution in [3.05, 3.63) is 28.3 Å². The molecule has 4 heteroatoms. The van der Waals surface area contributed by atoms with Crippen LogP contribution in [0.4, 0.5) is 0 Å². The summed E-state index contributed by atoms with van der Waals surface area (Å²) in [5, 5.41) is 9.78. The summed E-state index contributed by atoms with van der Waals surface area (Å²) in [5.41, 5.74) is 6.21. The third-order valence-corrected chi connectivity index (χ3v) is 2.45. The molecule has 0 heterocycles. The zero-order valence-corrected chi connectivity index (χ0v) is 8.64. The van der Waals surface area contributed by atoms with E-state index in [9.17, 15) is 9.90 Å². The molecule has 1 rings (SSSR count). The van der Waals surface area contributed by atoms with Gasteiger partial charge in [0, 0.05) is 6.42 Å². The van der Waals surface area contributed by atoms with Crippen LogP contribution in [0.5, 0.6) is 5.75 Å². The van der Waals surface area contributed by atoms with Crippen molar-refractivity contribution in [2.75, 3.05) is 6.54 Å². The first-order chi connectivity index (χ1) is 6.57. The fourth-order valence-electron chi connectivity index (χ4n) is 1.19. The Balaban J connectivity index is 3.18. The predicted molar refractivity (Wildman–Crippen MR) is 55.9 cm³/mol. The number of Topliss-reactive ketones (excluding diaryl/α,β-unsaturated/α-hetero) is 1. The molecule has 3 N–H and O–H groups in total. The molecule has 0 aromatic heterocycles. The van der Waals surface area contributed by atoms with Crippen LogP contribution in [0.1, 0.15) is 22.3 Å². The van der Waals surface area contributed by atoms with Crippen molar-refractivity contribution in [3.8, 4) is 5.75 Å². The molecule has 14 heavy (non-hydrogen) atoms. The van der Waals surface area contributed by atoms with Gasteiger partial charge in [-0.1, -0.05) is 17.7 Å². The maximum atomic E-state index is 11.5. The Morgan fingerprint density at radius 1 is 1.57 bits per heavy atom. The smallest absolute Gasteiger partial charge is 0.169 e. The molecule has 1 aromatic rings. The summed E-state index contributed by atoms with van der Waals surface area (Å²) in [4.78, 5) is 11.5. The average molecular weight is 214 g/mol. The van der Waals surface area contributed by atoms with E-state index >= 15 is 0 Å². The van der Waals surface area contributed by atoms with E-state index in [1.165, 1.54) is 6.07 Å². The highest BCUT2D eigenvalue weighted by atomic mass is 35.5. The lowest BCUT2D eigenvalue weighted by atomic mass is 10.0. The number of hydrogen-bond donors (Lipinski definition) is 2. The second-order valence-electron chi connectivity index (χ2n) is 3.05. The Bertz CT molecular complexity index is 363. The van der Waals surface area contributed by atoms with Gasteiger partial charge in [0.25, 0.3) is 0 Å². The topological polar surface area (TPSA) is 63.3 Å². The Labute approximate surface area is 87.5 Å². The number of ketones is 1. The molecule has 1 aromatic carbocycles. The van der Waals surface area contributed by atoms with Gasteiger partial charge in [-0.15, -0.1) is 0 Å². The summed E-state index contributed by atoms with van der Waals surface area (Å²) in [7, 11) is 0. The number of benzene rings is 1. The summed E-state index contributed by atoms with van der Waals surface area (Å²) in [6.45, 7) is 2.03. The van der Waals surface area contributed by atoms with E-state index in [1.54, 1.807) is 13.0 Å². The van der Waals surface area contributed by atoms with Crippen LogP contribution in [-0.2, 0) is 0 Å². The van der Waals surface area contributed by atoms with Crippen LogP contribution in [0.25, 0.3) is 0 Å². The van der Waals surface area contributed by atoms with E-state index in [4.69, 9.17) is 17.3 Å². The van der Waals surface area contributed by atoms with Gasteiger partial charge in [-0.25, -0.2) is 0 Å². The lowest BCUT2D eigenvalue weighted by molar-refractivity contribution is 0.0983. The van der Waals surface area contributed by atoms with Crippen molar-refractivity contribution in [3.63, 3.8) is 0 Å². The fourth-order valence-corrected chi connectivity index (χ4v) is 1.46. The van der Waals surface area contributed by atoms with Gasteiger partial charge >= 0.3 is 0 Å². The van der Waals surface area contributed by atoms with E-state index in [0.29, 0.717) is 5.02 Å². The van der Waals surface area contributed by atoms with Crippen molar-refractivity contribution in [2.24, 2.45) is 5.73 Å². The number of rotatable bonds is 3. The second kappa shape index (κ2) is 4.44. The number of carbonyl (C=O) groups excluding carboxylic acids is 1. The molecule has 0 spiro atoms. The molecule has 0 aliphatic heterocycles. The van der Waals surface area contributed by atoms with E-state index < -0.39 is 0 Å². The molecule has 0 saturated heterocycles. The highest BCUT2D eigenvalue weighted by Crippen LogP contribution is 2.29. The molecule has 0 aliphatic carbocycles. The summed E-state index contributed by atoms with van der Waals surface area (Å²) in [6, 6.07) is 3.13. The van der Waals surface area contributed by atoms with Gasteiger partial charge in [0.15, 0.2) is 5.78 Å². The summed E-state index contributed by atoms with van der Waals surface area (Å²) in [6.07, 6.45) is 0.191. The number of aromatic hydroxyl groups is 1. The maximum absolute atomic E-state index is 11.5. The molecule has 0 aliphatic rings. The van der Waals surface area contributed by atoms with Gasteiger partial charge in [-0.2, -0.15) is 0 Å². The number of nitrogens with two attached hydrogens (primary N) is 1. The van der Waals surface area contributed by atoms with E-state index in [2.05, 4.69) is 0 Å². The van der Waals surface area contributed by atoms with Crippen molar-refractivity contribution >= 4 is 17.4 Å². The monoisotopic (exact) mass is 213 g/mol. The zero-order chi connectivity index (χ0) is 10.7. The number of phenolic OH excluding ortho intramolecular Hbond substituents is 1. The zero-order valence-electron chi connectivity index (χ0n) is 7.88. The number of carbonyl (C=O) groups is 1. The molecule has 0 amide bonds. The Kier molecular flexibility index (Phi) is 3.49. The maximum Gasteiger partial charge on any atom is 0.169 e. The Morgan fingerprint density at radius 2 is 2.21 bits per heavy atom. The van der Waals surface area contributed by atoms with Gasteiger partial charge in [-0.3, -0.25) is 4.79 Å². The summed E-state index contributed by atoms with van der Waals surface area (Å²) < 4.78 is 0. The SMILES string of the molecule is Cc1ccc(O)c(C(=O)CCN)c1Cl. The van der Waals surface area contributed by atoms with Crippen LogP contribution in [-0.4, -0.2) is 17.4 Å². The largest absolute Gasteiger partial charge is 0.507 e. The first-order valence-corrected chi connectivity index (χ1v) is 4.67. The summed E-state index contributed by atoms with van der Waals surface area (Å²) >= 11 is 5.91. The van der Waals surface area contributed by atoms with Gasteiger partial charge < -0.3 is 10.8 Å². The molecular formula is C10H12ClNO2. The predicted octanol–water partition coefficient (Wildman–Crippen LogP) is 1.89. The van der Waals surface area contributed by atoms with Crippen LogP contribution in [0.15, 0.2) is 12.1 Å². The molecule has 0 atom stereocenters. The normalized spacial score (nSPS) is 10.2. The minimum atomic E-state index is -0.223. The van der Waals surface area contributed by atoms with Gasteiger partial charge in [-0.05, 0) is 25.1 Å².